The van der Waals surface area contributed by atoms with Gasteiger partial charge in [-0.05, 0) is 41.9 Å². The molecule has 3 aromatic heterocycles. The van der Waals surface area contributed by atoms with Crippen LogP contribution in [0.5, 0.6) is 0 Å². The van der Waals surface area contributed by atoms with E-state index in [1.54, 1.807) is 29.8 Å². The summed E-state index contributed by atoms with van der Waals surface area (Å²) < 4.78 is 2.56. The molecule has 0 amide bonds. The van der Waals surface area contributed by atoms with Crippen LogP contribution in [-0.2, 0) is 7.05 Å². The lowest BCUT2D eigenvalue weighted by Gasteiger charge is -2.46. The van der Waals surface area contributed by atoms with E-state index in [1.165, 1.54) is 0 Å². The van der Waals surface area contributed by atoms with Gasteiger partial charge in [-0.3, -0.25) is 4.79 Å². The predicted octanol–water partition coefficient (Wildman–Crippen LogP) is 4.22. The second-order valence-corrected chi connectivity index (χ2v) is 9.44. The summed E-state index contributed by atoms with van der Waals surface area (Å²) in [5.74, 6) is 0.964. The number of anilines is 2. The van der Waals surface area contributed by atoms with Gasteiger partial charge in [-0.1, -0.05) is 24.3 Å². The largest absolute Gasteiger partial charge is 0.363 e. The van der Waals surface area contributed by atoms with E-state index in [-0.39, 0.29) is 17.6 Å². The maximum Gasteiger partial charge on any atom is 0.252 e. The second-order valence-electron chi connectivity index (χ2n) is 8.58. The van der Waals surface area contributed by atoms with Crippen molar-refractivity contribution in [3.63, 3.8) is 0 Å². The number of halogens is 1. The predicted molar refractivity (Wildman–Crippen MR) is 135 cm³/mol. The molecule has 0 N–H and O–H groups in total. The van der Waals surface area contributed by atoms with Crippen molar-refractivity contribution in [3.8, 4) is 6.07 Å². The maximum atomic E-state index is 12.7. The fourth-order valence-corrected chi connectivity index (χ4v) is 5.17. The van der Waals surface area contributed by atoms with Crippen molar-refractivity contribution in [2.24, 2.45) is 7.05 Å². The summed E-state index contributed by atoms with van der Waals surface area (Å²) >= 11 is 3.62. The number of hydrogen-bond donors (Lipinski definition) is 0. The fraction of sp³-hybridized carbons (Fsp3) is 0.280. The standard InChI is InChI=1S/C25H23BrN6O/c1-15-14-32(25-19-7-5-4-6-18(19)20(26)12-28-25)16(2)13-31(15)22-10-23(33)30(3)21-9-8-17(11-27)29-24(21)22/h4-10,12,15-16H,13-14H2,1-3H3/t15-,16+/m0/s1. The van der Waals surface area contributed by atoms with Crippen molar-refractivity contribution in [3.05, 3.63) is 69.2 Å². The molecule has 0 radical (unpaired) electrons. The summed E-state index contributed by atoms with van der Waals surface area (Å²) in [7, 11) is 1.73. The lowest BCUT2D eigenvalue weighted by molar-refractivity contribution is 0.479. The monoisotopic (exact) mass is 502 g/mol. The molecule has 0 spiro atoms. The molecule has 33 heavy (non-hydrogen) atoms. The highest BCUT2D eigenvalue weighted by atomic mass is 79.9. The molecule has 7 nitrogen and oxygen atoms in total. The van der Waals surface area contributed by atoms with Crippen molar-refractivity contribution < 1.29 is 0 Å². The van der Waals surface area contributed by atoms with Crippen LogP contribution in [0.1, 0.15) is 19.5 Å². The Hall–Kier alpha value is -3.44. The van der Waals surface area contributed by atoms with Gasteiger partial charge in [0.05, 0.1) is 11.2 Å². The molecule has 166 valence electrons. The average Bonchev–Trinajstić information content (AvgIpc) is 2.83. The van der Waals surface area contributed by atoms with E-state index in [0.717, 1.165) is 38.8 Å². The third-order valence-corrected chi connectivity index (χ3v) is 7.11. The van der Waals surface area contributed by atoms with Crippen LogP contribution in [0.25, 0.3) is 21.8 Å². The first-order valence-corrected chi connectivity index (χ1v) is 11.7. The van der Waals surface area contributed by atoms with E-state index in [1.807, 2.05) is 18.3 Å². The summed E-state index contributed by atoms with van der Waals surface area (Å²) in [5.41, 5.74) is 2.42. The van der Waals surface area contributed by atoms with Crippen molar-refractivity contribution in [1.29, 1.82) is 5.26 Å². The number of fused-ring (bicyclic) bond motifs is 2. The van der Waals surface area contributed by atoms with Crippen molar-refractivity contribution >= 4 is 49.2 Å². The van der Waals surface area contributed by atoms with Crippen molar-refractivity contribution in [1.82, 2.24) is 14.5 Å². The maximum absolute atomic E-state index is 12.7. The molecular formula is C25H23BrN6O. The highest BCUT2D eigenvalue weighted by Gasteiger charge is 2.32. The van der Waals surface area contributed by atoms with Gasteiger partial charge in [0.15, 0.2) is 0 Å². The van der Waals surface area contributed by atoms with E-state index in [0.29, 0.717) is 17.8 Å². The first kappa shape index (κ1) is 21.4. The van der Waals surface area contributed by atoms with E-state index >= 15 is 0 Å². The lowest BCUT2D eigenvalue weighted by Crippen LogP contribution is -2.57. The highest BCUT2D eigenvalue weighted by molar-refractivity contribution is 9.10. The number of nitriles is 1. The number of piperazine rings is 1. The molecule has 4 aromatic rings. The Morgan fingerprint density at radius 3 is 2.52 bits per heavy atom. The molecular weight excluding hydrogens is 480 g/mol. The number of aryl methyl sites for hydroxylation is 1. The molecule has 4 heterocycles. The number of nitrogens with zero attached hydrogens (tertiary/aromatic N) is 6. The SMILES string of the molecule is C[C@@H]1CN(c2cc(=O)n(C)c3ccc(C#N)nc23)[C@@H](C)CN1c1ncc(Br)c2ccccc12. The minimum absolute atomic E-state index is 0.0909. The number of rotatable bonds is 2. The number of pyridine rings is 3. The Kier molecular flexibility index (Phi) is 5.29. The zero-order valence-corrected chi connectivity index (χ0v) is 20.2. The third kappa shape index (κ3) is 3.53. The van der Waals surface area contributed by atoms with Gasteiger partial charge in [0.2, 0.25) is 0 Å². The molecule has 8 heteroatoms. The second kappa shape index (κ2) is 8.16. The average molecular weight is 503 g/mol. The van der Waals surface area contributed by atoms with Gasteiger partial charge in [0, 0.05) is 59.7 Å². The molecule has 0 unspecified atom stereocenters. The van der Waals surface area contributed by atoms with Gasteiger partial charge in [-0.25, -0.2) is 9.97 Å². The summed E-state index contributed by atoms with van der Waals surface area (Å²) in [4.78, 5) is 26.6. The molecule has 0 saturated carbocycles. The van der Waals surface area contributed by atoms with E-state index in [2.05, 4.69) is 62.8 Å². The van der Waals surface area contributed by atoms with E-state index < -0.39 is 0 Å². The summed E-state index contributed by atoms with van der Waals surface area (Å²) in [6.45, 7) is 5.77. The normalized spacial score (nSPS) is 18.6. The Labute approximate surface area is 200 Å². The Balaban J connectivity index is 1.57. The highest BCUT2D eigenvalue weighted by Crippen LogP contribution is 2.34. The topological polar surface area (TPSA) is 78.0 Å². The van der Waals surface area contributed by atoms with Gasteiger partial charge in [0.25, 0.3) is 5.56 Å². The zero-order valence-electron chi connectivity index (χ0n) is 18.7. The van der Waals surface area contributed by atoms with Crippen LogP contribution < -0.4 is 15.4 Å². The van der Waals surface area contributed by atoms with Gasteiger partial charge >= 0.3 is 0 Å². The molecule has 5 rings (SSSR count). The Morgan fingerprint density at radius 1 is 1.06 bits per heavy atom. The Morgan fingerprint density at radius 2 is 1.76 bits per heavy atom. The zero-order chi connectivity index (χ0) is 23.3. The van der Waals surface area contributed by atoms with Gasteiger partial charge in [0.1, 0.15) is 23.1 Å². The molecule has 2 atom stereocenters. The van der Waals surface area contributed by atoms with Crippen LogP contribution in [0.4, 0.5) is 11.5 Å². The number of benzene rings is 1. The Bertz CT molecular complexity index is 1490. The summed E-state index contributed by atoms with van der Waals surface area (Å²) in [6, 6.07) is 15.7. The lowest BCUT2D eigenvalue weighted by atomic mass is 10.0. The van der Waals surface area contributed by atoms with E-state index in [9.17, 15) is 10.1 Å². The summed E-state index contributed by atoms with van der Waals surface area (Å²) in [5, 5.41) is 11.6. The first-order chi connectivity index (χ1) is 15.9. The van der Waals surface area contributed by atoms with E-state index in [4.69, 9.17) is 4.98 Å². The molecule has 1 aliphatic heterocycles. The van der Waals surface area contributed by atoms with Crippen LogP contribution in [0.15, 0.2) is 57.9 Å². The van der Waals surface area contributed by atoms with Gasteiger partial charge in [-0.15, -0.1) is 0 Å². The number of hydrogen-bond acceptors (Lipinski definition) is 6. The van der Waals surface area contributed by atoms with Crippen LogP contribution >= 0.6 is 15.9 Å². The first-order valence-electron chi connectivity index (χ1n) is 10.9. The fourth-order valence-electron chi connectivity index (χ4n) is 4.72. The van der Waals surface area contributed by atoms with Crippen LogP contribution in [0, 0.1) is 11.3 Å². The molecule has 1 aliphatic rings. The van der Waals surface area contributed by atoms with Gasteiger partial charge < -0.3 is 14.4 Å². The quantitative estimate of drug-likeness (QED) is 0.408. The smallest absolute Gasteiger partial charge is 0.252 e. The molecule has 1 saturated heterocycles. The number of aromatic nitrogens is 3. The minimum atomic E-state index is -0.0909. The minimum Gasteiger partial charge on any atom is -0.363 e. The molecule has 1 aromatic carbocycles. The van der Waals surface area contributed by atoms with Gasteiger partial charge in [-0.2, -0.15) is 5.26 Å². The summed E-state index contributed by atoms with van der Waals surface area (Å²) in [6.07, 6.45) is 1.86. The van der Waals surface area contributed by atoms with Crippen molar-refractivity contribution in [2.45, 2.75) is 25.9 Å². The van der Waals surface area contributed by atoms with Crippen LogP contribution in [0.2, 0.25) is 0 Å². The molecule has 0 aliphatic carbocycles. The molecule has 1 fully saturated rings. The molecule has 0 bridgehead atoms. The van der Waals surface area contributed by atoms with Crippen molar-refractivity contribution in [2.75, 3.05) is 22.9 Å². The van der Waals surface area contributed by atoms with Crippen LogP contribution in [-0.4, -0.2) is 39.7 Å². The van der Waals surface area contributed by atoms with Crippen LogP contribution in [0.3, 0.4) is 0 Å². The third-order valence-electron chi connectivity index (χ3n) is 6.48.